The van der Waals surface area contributed by atoms with E-state index in [4.69, 9.17) is 5.53 Å². The Balaban J connectivity index is 2.41. The maximum absolute atomic E-state index is 10.7. The van der Waals surface area contributed by atoms with Gasteiger partial charge in [0.25, 0.3) is 0 Å². The van der Waals surface area contributed by atoms with E-state index in [2.05, 4.69) is 4.79 Å². The fourth-order valence-corrected chi connectivity index (χ4v) is 0.855. The number of nitrogens with zero attached hydrogens (tertiary/aromatic N) is 2. The number of hydrogen-bond donors (Lipinski definition) is 0. The molecular formula is C6H8N2O. The van der Waals surface area contributed by atoms with Crippen LogP contribution in [0.4, 0.5) is 0 Å². The zero-order valence-electron chi connectivity index (χ0n) is 5.08. The van der Waals surface area contributed by atoms with Crippen molar-refractivity contribution in [3.8, 4) is 0 Å². The van der Waals surface area contributed by atoms with E-state index in [0.29, 0.717) is 0 Å². The van der Waals surface area contributed by atoms with Crippen LogP contribution in [0.5, 0.6) is 0 Å². The largest absolute Gasteiger partial charge is 0.361 e. The average Bonchev–Trinajstić information content (AvgIpc) is 1.60. The Labute approximate surface area is 53.3 Å². The van der Waals surface area contributed by atoms with Gasteiger partial charge in [-0.3, -0.25) is 4.79 Å². The lowest BCUT2D eigenvalue weighted by molar-refractivity contribution is -0.121. The lowest BCUT2D eigenvalue weighted by Gasteiger charge is -2.19. The maximum atomic E-state index is 10.7. The highest BCUT2D eigenvalue weighted by atomic mass is 16.1. The Morgan fingerprint density at radius 3 is 2.67 bits per heavy atom. The van der Waals surface area contributed by atoms with Gasteiger partial charge in [-0.2, -0.15) is 4.79 Å². The summed E-state index contributed by atoms with van der Waals surface area (Å²) >= 11 is 0. The van der Waals surface area contributed by atoms with Gasteiger partial charge in [0.1, 0.15) is 0 Å². The van der Waals surface area contributed by atoms with Crippen LogP contribution in [0.2, 0.25) is 0 Å². The molecule has 1 aliphatic carbocycles. The summed E-state index contributed by atoms with van der Waals surface area (Å²) < 4.78 is 0. The van der Waals surface area contributed by atoms with Crippen molar-refractivity contribution in [2.75, 3.05) is 0 Å². The van der Waals surface area contributed by atoms with E-state index in [0.717, 1.165) is 25.5 Å². The molecule has 0 aromatic rings. The number of carbonyl (C=O) groups excluding carboxylic acids is 1. The smallest absolute Gasteiger partial charge is 0.323 e. The highest BCUT2D eigenvalue weighted by Gasteiger charge is 2.25. The molecule has 0 aromatic heterocycles. The van der Waals surface area contributed by atoms with Crippen LogP contribution >= 0.6 is 0 Å². The zero-order chi connectivity index (χ0) is 6.69. The van der Waals surface area contributed by atoms with Crippen molar-refractivity contribution < 1.29 is 9.58 Å². The molecule has 0 atom stereocenters. The van der Waals surface area contributed by atoms with Crippen LogP contribution in [-0.2, 0) is 4.79 Å². The van der Waals surface area contributed by atoms with Crippen LogP contribution < -0.4 is 0 Å². The maximum Gasteiger partial charge on any atom is 0.323 e. The molecule has 3 nitrogen and oxygen atoms in total. The Kier molecular flexibility index (Phi) is 1.75. The van der Waals surface area contributed by atoms with Gasteiger partial charge < -0.3 is 5.53 Å². The molecule has 9 heavy (non-hydrogen) atoms. The van der Waals surface area contributed by atoms with Crippen LogP contribution in [0, 0.1) is 5.92 Å². The molecule has 0 unspecified atom stereocenters. The van der Waals surface area contributed by atoms with E-state index < -0.39 is 0 Å². The van der Waals surface area contributed by atoms with Crippen molar-refractivity contribution in [2.45, 2.75) is 19.3 Å². The van der Waals surface area contributed by atoms with Crippen molar-refractivity contribution in [3.63, 3.8) is 0 Å². The standard InChI is InChI=1S/C6H8N2O/c7-8-4-6(9)5-2-1-3-5/h4-5H,1-3H2. The highest BCUT2D eigenvalue weighted by Crippen LogP contribution is 2.26. The molecule has 1 saturated carbocycles. The summed E-state index contributed by atoms with van der Waals surface area (Å²) in [5.74, 6) is 0.115. The molecule has 0 N–H and O–H groups in total. The number of hydrogen-bond acceptors (Lipinski definition) is 1. The minimum Gasteiger partial charge on any atom is -0.361 e. The molecule has 1 rings (SSSR count). The molecule has 48 valence electrons. The van der Waals surface area contributed by atoms with Crippen molar-refractivity contribution >= 4 is 12.0 Å². The van der Waals surface area contributed by atoms with Crippen molar-refractivity contribution in [3.05, 3.63) is 5.53 Å². The summed E-state index contributed by atoms with van der Waals surface area (Å²) in [5.41, 5.74) is 7.95. The lowest BCUT2D eigenvalue weighted by Crippen LogP contribution is -2.22. The summed E-state index contributed by atoms with van der Waals surface area (Å²) in [4.78, 5) is 13.4. The van der Waals surface area contributed by atoms with Gasteiger partial charge in [-0.25, -0.2) is 0 Å². The van der Waals surface area contributed by atoms with Crippen LogP contribution in [0.1, 0.15) is 19.3 Å². The van der Waals surface area contributed by atoms with Crippen LogP contribution in [0.25, 0.3) is 5.53 Å². The van der Waals surface area contributed by atoms with Gasteiger partial charge in [0.2, 0.25) is 5.78 Å². The average molecular weight is 124 g/mol. The van der Waals surface area contributed by atoms with Crippen LogP contribution in [0.15, 0.2) is 0 Å². The van der Waals surface area contributed by atoms with Crippen LogP contribution in [-0.4, -0.2) is 16.8 Å². The first kappa shape index (κ1) is 6.17. The highest BCUT2D eigenvalue weighted by molar-refractivity contribution is 6.26. The third-order valence-electron chi connectivity index (χ3n) is 1.69. The number of ketones is 1. The topological polar surface area (TPSA) is 53.5 Å². The molecule has 1 aliphatic rings. The van der Waals surface area contributed by atoms with E-state index in [9.17, 15) is 4.79 Å². The molecule has 0 aromatic carbocycles. The van der Waals surface area contributed by atoms with Crippen molar-refractivity contribution in [1.29, 1.82) is 0 Å². The quantitative estimate of drug-likeness (QED) is 0.303. The van der Waals surface area contributed by atoms with Gasteiger partial charge in [0, 0.05) is 5.92 Å². The van der Waals surface area contributed by atoms with Gasteiger partial charge in [0.15, 0.2) is 0 Å². The fourth-order valence-electron chi connectivity index (χ4n) is 0.855. The second-order valence-corrected chi connectivity index (χ2v) is 2.27. The first-order valence-electron chi connectivity index (χ1n) is 3.06. The van der Waals surface area contributed by atoms with Crippen molar-refractivity contribution in [2.24, 2.45) is 5.92 Å². The monoisotopic (exact) mass is 124 g/mol. The minimum absolute atomic E-state index is 0.0382. The van der Waals surface area contributed by atoms with E-state index >= 15 is 0 Å². The first-order valence-corrected chi connectivity index (χ1v) is 3.06. The number of carbonyl (C=O) groups is 1. The third-order valence-corrected chi connectivity index (χ3v) is 1.69. The number of rotatable bonds is 2. The van der Waals surface area contributed by atoms with Gasteiger partial charge in [0.05, 0.1) is 0 Å². The summed E-state index contributed by atoms with van der Waals surface area (Å²) in [5, 5.41) is 0. The second kappa shape index (κ2) is 2.55. The van der Waals surface area contributed by atoms with Crippen molar-refractivity contribution in [1.82, 2.24) is 0 Å². The van der Waals surface area contributed by atoms with Gasteiger partial charge >= 0.3 is 6.21 Å². The number of Topliss-reactive ketones (excluding diaryl/α,β-unsaturated/α-hetero) is 1. The van der Waals surface area contributed by atoms with E-state index in [1.807, 2.05) is 0 Å². The molecule has 0 bridgehead atoms. The fraction of sp³-hybridized carbons (Fsp3) is 0.667. The first-order chi connectivity index (χ1) is 4.34. The Hall–Kier alpha value is -0.950. The summed E-state index contributed by atoms with van der Waals surface area (Å²) in [6.45, 7) is 0. The molecule has 0 spiro atoms. The molecule has 3 heteroatoms. The predicted octanol–water partition coefficient (Wildman–Crippen LogP) is 0.656. The molecule has 0 saturated heterocycles. The Morgan fingerprint density at radius 1 is 1.67 bits per heavy atom. The predicted molar refractivity (Wildman–Crippen MR) is 32.0 cm³/mol. The van der Waals surface area contributed by atoms with Gasteiger partial charge in [-0.15, -0.1) is 0 Å². The van der Waals surface area contributed by atoms with Gasteiger partial charge in [-0.05, 0) is 12.8 Å². The Morgan fingerprint density at radius 2 is 2.33 bits per heavy atom. The summed E-state index contributed by atoms with van der Waals surface area (Å²) in [6, 6.07) is 0. The second-order valence-electron chi connectivity index (χ2n) is 2.27. The van der Waals surface area contributed by atoms with Gasteiger partial charge in [-0.1, -0.05) is 6.42 Å². The Bertz CT molecular complexity index is 166. The van der Waals surface area contributed by atoms with Crippen LogP contribution in [0.3, 0.4) is 0 Å². The normalized spacial score (nSPS) is 17.8. The van der Waals surface area contributed by atoms with E-state index in [1.165, 1.54) is 0 Å². The molecule has 0 heterocycles. The summed E-state index contributed by atoms with van der Waals surface area (Å²) in [6.07, 6.45) is 4.05. The molecule has 0 radical (unpaired) electrons. The lowest BCUT2D eigenvalue weighted by atomic mass is 9.82. The van der Waals surface area contributed by atoms with E-state index in [-0.39, 0.29) is 11.7 Å². The summed E-state index contributed by atoms with van der Waals surface area (Å²) in [7, 11) is 0. The minimum atomic E-state index is -0.0382. The van der Waals surface area contributed by atoms with E-state index in [1.54, 1.807) is 0 Å². The zero-order valence-corrected chi connectivity index (χ0v) is 5.08. The SMILES string of the molecule is [N-]=[N+]=CC(=O)C1CCC1. The molecule has 1 fully saturated rings. The molecule has 0 amide bonds. The molecular weight excluding hydrogens is 116 g/mol. The third kappa shape index (κ3) is 1.24. The molecule has 0 aliphatic heterocycles.